The van der Waals surface area contributed by atoms with Gasteiger partial charge in [-0.05, 0) is 37.0 Å². The van der Waals surface area contributed by atoms with Crippen LogP contribution in [0, 0.1) is 5.92 Å². The van der Waals surface area contributed by atoms with Crippen molar-refractivity contribution in [3.63, 3.8) is 0 Å². The quantitative estimate of drug-likeness (QED) is 0.761. The van der Waals surface area contributed by atoms with Crippen molar-refractivity contribution in [1.82, 2.24) is 5.32 Å². The van der Waals surface area contributed by atoms with Gasteiger partial charge in [-0.2, -0.15) is 0 Å². The predicted molar refractivity (Wildman–Crippen MR) is 70.4 cm³/mol. The first-order chi connectivity index (χ1) is 8.66. The average Bonchev–Trinajstić information content (AvgIpc) is 2.37. The number of phenols is 1. The molecule has 0 aromatic heterocycles. The van der Waals surface area contributed by atoms with Crippen LogP contribution in [0.3, 0.4) is 0 Å². The maximum Gasteiger partial charge on any atom is 0.251 e. The van der Waals surface area contributed by atoms with Crippen LogP contribution < -0.4 is 11.1 Å². The molecule has 1 amide bonds. The zero-order valence-corrected chi connectivity index (χ0v) is 10.4. The third-order valence-corrected chi connectivity index (χ3v) is 3.60. The van der Waals surface area contributed by atoms with Crippen molar-refractivity contribution in [2.45, 2.75) is 31.7 Å². The highest BCUT2D eigenvalue weighted by Gasteiger charge is 2.22. The minimum Gasteiger partial charge on any atom is -0.508 e. The number of aromatic hydroxyl groups is 1. The van der Waals surface area contributed by atoms with E-state index in [0.717, 1.165) is 12.8 Å². The van der Waals surface area contributed by atoms with E-state index in [0.29, 0.717) is 18.0 Å². The van der Waals surface area contributed by atoms with Crippen molar-refractivity contribution in [2.75, 3.05) is 6.54 Å². The molecule has 1 aliphatic rings. The third kappa shape index (κ3) is 3.23. The minimum absolute atomic E-state index is 0.108. The summed E-state index contributed by atoms with van der Waals surface area (Å²) in [5.74, 6) is 0.334. The first-order valence-corrected chi connectivity index (χ1v) is 6.49. The number of amides is 1. The van der Waals surface area contributed by atoms with Crippen LogP contribution in [0.5, 0.6) is 5.75 Å². The van der Waals surface area contributed by atoms with Gasteiger partial charge in [-0.1, -0.05) is 18.9 Å². The molecule has 0 saturated heterocycles. The van der Waals surface area contributed by atoms with Gasteiger partial charge in [0.05, 0.1) is 0 Å². The van der Waals surface area contributed by atoms with E-state index in [1.165, 1.54) is 18.9 Å². The van der Waals surface area contributed by atoms with Gasteiger partial charge in [0.25, 0.3) is 5.91 Å². The number of nitrogens with one attached hydrogen (secondary N) is 1. The highest BCUT2D eigenvalue weighted by molar-refractivity contribution is 5.94. The van der Waals surface area contributed by atoms with Gasteiger partial charge in [-0.15, -0.1) is 0 Å². The van der Waals surface area contributed by atoms with Crippen molar-refractivity contribution < 1.29 is 9.90 Å². The fraction of sp³-hybridized carbons (Fsp3) is 0.500. The van der Waals surface area contributed by atoms with Crippen molar-refractivity contribution in [3.8, 4) is 5.75 Å². The molecular formula is C14H20N2O2. The second-order valence-corrected chi connectivity index (χ2v) is 4.97. The zero-order valence-electron chi connectivity index (χ0n) is 10.4. The molecule has 0 radical (unpaired) electrons. The van der Waals surface area contributed by atoms with E-state index in [2.05, 4.69) is 5.32 Å². The smallest absolute Gasteiger partial charge is 0.251 e. The van der Waals surface area contributed by atoms with Crippen molar-refractivity contribution >= 4 is 5.91 Å². The molecule has 0 bridgehead atoms. The maximum atomic E-state index is 11.9. The highest BCUT2D eigenvalue weighted by atomic mass is 16.3. The highest BCUT2D eigenvalue weighted by Crippen LogP contribution is 2.22. The van der Waals surface area contributed by atoms with E-state index < -0.39 is 0 Å². The third-order valence-electron chi connectivity index (χ3n) is 3.60. The van der Waals surface area contributed by atoms with Crippen molar-refractivity contribution in [2.24, 2.45) is 11.7 Å². The molecule has 0 aliphatic heterocycles. The number of nitrogens with two attached hydrogens (primary N) is 1. The van der Waals surface area contributed by atoms with Crippen LogP contribution in [0.1, 0.15) is 36.0 Å². The Bertz CT molecular complexity index is 420. The van der Waals surface area contributed by atoms with Crippen molar-refractivity contribution in [3.05, 3.63) is 29.8 Å². The minimum atomic E-state index is -0.149. The molecule has 4 heteroatoms. The lowest BCUT2D eigenvalue weighted by molar-refractivity contribution is 0.0941. The molecular weight excluding hydrogens is 228 g/mol. The lowest BCUT2D eigenvalue weighted by Crippen LogP contribution is -2.41. The average molecular weight is 248 g/mol. The molecule has 1 aliphatic carbocycles. The van der Waals surface area contributed by atoms with E-state index in [9.17, 15) is 9.90 Å². The molecule has 1 saturated carbocycles. The molecule has 2 rings (SSSR count). The van der Waals surface area contributed by atoms with Crippen molar-refractivity contribution in [1.29, 1.82) is 0 Å². The standard InChI is InChI=1S/C14H20N2O2/c15-13-7-2-1-4-11(13)9-16-14(18)10-5-3-6-12(17)8-10/h3,5-6,8,11,13,17H,1-2,4,7,9,15H2,(H,16,18). The molecule has 1 fully saturated rings. The Balaban J connectivity index is 1.88. The van der Waals surface area contributed by atoms with Crippen LogP contribution in [-0.2, 0) is 0 Å². The van der Waals surface area contributed by atoms with E-state index in [1.54, 1.807) is 18.2 Å². The van der Waals surface area contributed by atoms with Gasteiger partial charge in [-0.3, -0.25) is 4.79 Å². The number of hydrogen-bond donors (Lipinski definition) is 3. The molecule has 1 aromatic rings. The van der Waals surface area contributed by atoms with Crippen LogP contribution in [0.2, 0.25) is 0 Å². The SMILES string of the molecule is NC1CCCCC1CNC(=O)c1cccc(O)c1. The molecule has 98 valence electrons. The molecule has 1 aromatic carbocycles. The molecule has 0 heterocycles. The summed E-state index contributed by atoms with van der Waals surface area (Å²) in [6, 6.07) is 6.57. The molecule has 4 nitrogen and oxygen atoms in total. The van der Waals surface area contributed by atoms with Crippen LogP contribution in [0.25, 0.3) is 0 Å². The van der Waals surface area contributed by atoms with E-state index in [-0.39, 0.29) is 17.7 Å². The van der Waals surface area contributed by atoms with Gasteiger partial charge in [0, 0.05) is 18.2 Å². The molecule has 2 unspecified atom stereocenters. The second kappa shape index (κ2) is 5.87. The van der Waals surface area contributed by atoms with Gasteiger partial charge in [-0.25, -0.2) is 0 Å². The fourth-order valence-electron chi connectivity index (χ4n) is 2.46. The monoisotopic (exact) mass is 248 g/mol. The lowest BCUT2D eigenvalue weighted by Gasteiger charge is -2.28. The molecule has 18 heavy (non-hydrogen) atoms. The normalized spacial score (nSPS) is 23.6. The van der Waals surface area contributed by atoms with Crippen LogP contribution in [-0.4, -0.2) is 23.6 Å². The number of phenolic OH excluding ortho intramolecular Hbond substituents is 1. The molecule has 2 atom stereocenters. The summed E-state index contributed by atoms with van der Waals surface area (Å²) in [4.78, 5) is 11.9. The summed E-state index contributed by atoms with van der Waals surface area (Å²) in [7, 11) is 0. The number of hydrogen-bond acceptors (Lipinski definition) is 3. The van der Waals surface area contributed by atoms with E-state index >= 15 is 0 Å². The first kappa shape index (κ1) is 12.9. The van der Waals surface area contributed by atoms with Crippen LogP contribution in [0.15, 0.2) is 24.3 Å². The Morgan fingerprint density at radius 3 is 2.89 bits per heavy atom. The topological polar surface area (TPSA) is 75.3 Å². The lowest BCUT2D eigenvalue weighted by atomic mass is 9.85. The largest absolute Gasteiger partial charge is 0.508 e. The molecule has 0 spiro atoms. The Hall–Kier alpha value is -1.55. The number of rotatable bonds is 3. The Kier molecular flexibility index (Phi) is 4.20. The first-order valence-electron chi connectivity index (χ1n) is 6.49. The van der Waals surface area contributed by atoms with Crippen LogP contribution in [0.4, 0.5) is 0 Å². The Morgan fingerprint density at radius 2 is 2.17 bits per heavy atom. The summed E-state index contributed by atoms with van der Waals surface area (Å²) in [5.41, 5.74) is 6.52. The second-order valence-electron chi connectivity index (χ2n) is 4.97. The van der Waals surface area contributed by atoms with Gasteiger partial charge in [0.2, 0.25) is 0 Å². The van der Waals surface area contributed by atoms with E-state index in [1.807, 2.05) is 0 Å². The summed E-state index contributed by atoms with van der Waals surface area (Å²) in [5, 5.41) is 12.2. The van der Waals surface area contributed by atoms with Gasteiger partial charge in [0.1, 0.15) is 5.75 Å². The number of carbonyl (C=O) groups excluding carboxylic acids is 1. The van der Waals surface area contributed by atoms with Gasteiger partial charge >= 0.3 is 0 Å². The van der Waals surface area contributed by atoms with Gasteiger partial charge in [0.15, 0.2) is 0 Å². The fourth-order valence-corrected chi connectivity index (χ4v) is 2.46. The number of benzene rings is 1. The summed E-state index contributed by atoms with van der Waals surface area (Å²) in [6.07, 6.45) is 4.52. The van der Waals surface area contributed by atoms with Gasteiger partial charge < -0.3 is 16.2 Å². The Morgan fingerprint density at radius 1 is 1.39 bits per heavy atom. The zero-order chi connectivity index (χ0) is 13.0. The predicted octanol–water partition coefficient (Wildman–Crippen LogP) is 1.64. The maximum absolute atomic E-state index is 11.9. The summed E-state index contributed by atoms with van der Waals surface area (Å²) < 4.78 is 0. The Labute approximate surface area is 107 Å². The summed E-state index contributed by atoms with van der Waals surface area (Å²) in [6.45, 7) is 0.621. The number of carbonyl (C=O) groups is 1. The molecule has 4 N–H and O–H groups in total. The van der Waals surface area contributed by atoms with E-state index in [4.69, 9.17) is 5.73 Å². The summed E-state index contributed by atoms with van der Waals surface area (Å²) >= 11 is 0. The van der Waals surface area contributed by atoms with Crippen LogP contribution >= 0.6 is 0 Å².